The molecule has 0 unspecified atom stereocenters. The van der Waals surface area contributed by atoms with E-state index in [2.05, 4.69) is 25.1 Å². The first-order chi connectivity index (χ1) is 17.6. The van der Waals surface area contributed by atoms with Gasteiger partial charge in [0, 0.05) is 44.6 Å². The Kier molecular flexibility index (Phi) is 9.82. The third-order valence-corrected chi connectivity index (χ3v) is 7.82. The molecule has 0 aliphatic carbocycles. The van der Waals surface area contributed by atoms with Crippen molar-refractivity contribution in [2.24, 2.45) is 0 Å². The van der Waals surface area contributed by atoms with Crippen LogP contribution >= 0.6 is 0 Å². The fraction of sp³-hybridized carbons (Fsp3) is 0.560. The standard InChI is InChI=1S/C25H36N6O5S/c1-16(2)36-23(24-27-10-18(4)11-28-24)19(5)37(32,33)15-22-29-30-25(20-8-17(3)9-26-12-20)31(22)21(13-34-6)14-35-7/h8-12,16,19,21,23H,13-15H2,1-7H3/t19-,23+/m0/s1. The van der Waals surface area contributed by atoms with Gasteiger partial charge in [0.1, 0.15) is 17.7 Å². The number of methoxy groups -OCH3 is 2. The molecule has 11 nitrogen and oxygen atoms in total. The molecule has 0 aliphatic rings. The van der Waals surface area contributed by atoms with Crippen molar-refractivity contribution in [1.82, 2.24) is 29.7 Å². The number of hydrogen-bond donors (Lipinski definition) is 0. The van der Waals surface area contributed by atoms with E-state index in [9.17, 15) is 8.42 Å². The maximum Gasteiger partial charge on any atom is 0.165 e. The first kappa shape index (κ1) is 28.8. The molecule has 3 aromatic rings. The summed E-state index contributed by atoms with van der Waals surface area (Å²) in [6.07, 6.45) is 5.63. The second-order valence-electron chi connectivity index (χ2n) is 9.36. The Morgan fingerprint density at radius 3 is 2.14 bits per heavy atom. The molecule has 0 saturated heterocycles. The first-order valence-corrected chi connectivity index (χ1v) is 13.8. The maximum atomic E-state index is 13.8. The molecule has 0 aromatic carbocycles. The number of nitrogens with zero attached hydrogens (tertiary/aromatic N) is 6. The normalized spacial score (nSPS) is 13.9. The summed E-state index contributed by atoms with van der Waals surface area (Å²) in [7, 11) is -0.649. The monoisotopic (exact) mass is 532 g/mol. The lowest BCUT2D eigenvalue weighted by Gasteiger charge is -2.26. The minimum Gasteiger partial charge on any atom is -0.382 e. The van der Waals surface area contributed by atoms with Gasteiger partial charge in [0.2, 0.25) is 0 Å². The van der Waals surface area contributed by atoms with E-state index in [-0.39, 0.29) is 36.9 Å². The van der Waals surface area contributed by atoms with Crippen LogP contribution in [0.3, 0.4) is 0 Å². The van der Waals surface area contributed by atoms with Crippen molar-refractivity contribution < 1.29 is 22.6 Å². The molecule has 3 aromatic heterocycles. The van der Waals surface area contributed by atoms with E-state index < -0.39 is 21.2 Å². The highest BCUT2D eigenvalue weighted by Gasteiger charge is 2.36. The summed E-state index contributed by atoms with van der Waals surface area (Å²) in [4.78, 5) is 13.0. The minimum atomic E-state index is -3.80. The number of ether oxygens (including phenoxy) is 3. The van der Waals surface area contributed by atoms with Crippen molar-refractivity contribution in [1.29, 1.82) is 0 Å². The van der Waals surface area contributed by atoms with Crippen LogP contribution in [0.1, 0.15) is 55.7 Å². The number of hydrogen-bond acceptors (Lipinski definition) is 10. The smallest absolute Gasteiger partial charge is 0.165 e. The highest BCUT2D eigenvalue weighted by atomic mass is 32.2. The van der Waals surface area contributed by atoms with Crippen molar-refractivity contribution in [3.63, 3.8) is 0 Å². The van der Waals surface area contributed by atoms with E-state index in [4.69, 9.17) is 14.2 Å². The van der Waals surface area contributed by atoms with Crippen LogP contribution in [0.4, 0.5) is 0 Å². The molecule has 37 heavy (non-hydrogen) atoms. The van der Waals surface area contributed by atoms with Gasteiger partial charge in [0.15, 0.2) is 21.5 Å². The molecule has 0 spiro atoms. The summed E-state index contributed by atoms with van der Waals surface area (Å²) in [6.45, 7) is 9.65. The molecular formula is C25H36N6O5S. The van der Waals surface area contributed by atoms with Gasteiger partial charge in [-0.25, -0.2) is 18.4 Å². The second-order valence-corrected chi connectivity index (χ2v) is 11.7. The van der Waals surface area contributed by atoms with E-state index in [1.54, 1.807) is 50.5 Å². The zero-order chi connectivity index (χ0) is 27.2. The Morgan fingerprint density at radius 1 is 0.919 bits per heavy atom. The third-order valence-electron chi connectivity index (χ3n) is 5.78. The lowest BCUT2D eigenvalue weighted by atomic mass is 10.2. The van der Waals surface area contributed by atoms with Crippen LogP contribution in [-0.4, -0.2) is 76.9 Å². The van der Waals surface area contributed by atoms with Crippen molar-refractivity contribution in [2.45, 2.75) is 63.9 Å². The average molecular weight is 533 g/mol. The van der Waals surface area contributed by atoms with Crippen LogP contribution in [0.2, 0.25) is 0 Å². The van der Waals surface area contributed by atoms with Crippen LogP contribution in [0.25, 0.3) is 11.4 Å². The van der Waals surface area contributed by atoms with Gasteiger partial charge < -0.3 is 18.8 Å². The number of aromatic nitrogens is 6. The average Bonchev–Trinajstić information content (AvgIpc) is 3.25. The summed E-state index contributed by atoms with van der Waals surface area (Å²) in [6, 6.07) is 1.57. The number of sulfone groups is 1. The zero-order valence-electron chi connectivity index (χ0n) is 22.5. The predicted octanol–water partition coefficient (Wildman–Crippen LogP) is 3.05. The van der Waals surface area contributed by atoms with Gasteiger partial charge in [0.25, 0.3) is 0 Å². The van der Waals surface area contributed by atoms with Gasteiger partial charge in [0.05, 0.1) is 30.6 Å². The van der Waals surface area contributed by atoms with Gasteiger partial charge in [-0.15, -0.1) is 10.2 Å². The van der Waals surface area contributed by atoms with E-state index in [1.807, 2.05) is 33.8 Å². The first-order valence-electron chi connectivity index (χ1n) is 12.1. The van der Waals surface area contributed by atoms with Gasteiger partial charge in [-0.05, 0) is 51.8 Å². The van der Waals surface area contributed by atoms with Crippen molar-refractivity contribution in [3.05, 3.63) is 53.6 Å². The SMILES string of the molecule is COCC(COC)n1c(CS(=O)(=O)[C@@H](C)[C@@H](OC(C)C)c2ncc(C)cn2)nnc1-c1cncc(C)c1. The Morgan fingerprint density at radius 2 is 1.57 bits per heavy atom. The minimum absolute atomic E-state index is 0.232. The van der Waals surface area contributed by atoms with E-state index in [0.29, 0.717) is 11.6 Å². The fourth-order valence-electron chi connectivity index (χ4n) is 3.99. The summed E-state index contributed by atoms with van der Waals surface area (Å²) in [5, 5.41) is 7.71. The summed E-state index contributed by atoms with van der Waals surface area (Å²) < 4.78 is 46.1. The quantitative estimate of drug-likeness (QED) is 0.324. The van der Waals surface area contributed by atoms with E-state index in [1.165, 1.54) is 0 Å². The van der Waals surface area contributed by atoms with Crippen LogP contribution < -0.4 is 0 Å². The van der Waals surface area contributed by atoms with Gasteiger partial charge >= 0.3 is 0 Å². The van der Waals surface area contributed by atoms with Gasteiger partial charge in [-0.2, -0.15) is 0 Å². The number of rotatable bonds is 13. The number of pyridine rings is 1. The Labute approximate surface area is 218 Å². The molecule has 12 heteroatoms. The van der Waals surface area contributed by atoms with Crippen LogP contribution in [0.5, 0.6) is 0 Å². The fourth-order valence-corrected chi connectivity index (χ4v) is 5.37. The Balaban J connectivity index is 2.04. The van der Waals surface area contributed by atoms with Crippen molar-refractivity contribution >= 4 is 9.84 Å². The predicted molar refractivity (Wildman–Crippen MR) is 139 cm³/mol. The van der Waals surface area contributed by atoms with Crippen molar-refractivity contribution in [3.8, 4) is 11.4 Å². The Hall–Kier alpha value is -2.80. The lowest BCUT2D eigenvalue weighted by Crippen LogP contribution is -2.32. The molecule has 0 saturated carbocycles. The molecule has 0 amide bonds. The maximum absolute atomic E-state index is 13.8. The van der Waals surface area contributed by atoms with Crippen molar-refractivity contribution in [2.75, 3.05) is 27.4 Å². The number of aryl methyl sites for hydroxylation is 2. The summed E-state index contributed by atoms with van der Waals surface area (Å²) >= 11 is 0. The van der Waals surface area contributed by atoms with E-state index >= 15 is 0 Å². The molecule has 2 atom stereocenters. The van der Waals surface area contributed by atoms with Gasteiger partial charge in [-0.1, -0.05) is 0 Å². The molecule has 0 radical (unpaired) electrons. The third kappa shape index (κ3) is 7.16. The summed E-state index contributed by atoms with van der Waals surface area (Å²) in [5.74, 6) is 0.717. The largest absolute Gasteiger partial charge is 0.382 e. The molecule has 0 bridgehead atoms. The lowest BCUT2D eigenvalue weighted by molar-refractivity contribution is 0.00140. The molecule has 202 valence electrons. The molecule has 3 heterocycles. The van der Waals surface area contributed by atoms with E-state index in [0.717, 1.165) is 16.7 Å². The highest BCUT2D eigenvalue weighted by Crippen LogP contribution is 2.29. The van der Waals surface area contributed by atoms with Crippen LogP contribution in [0.15, 0.2) is 30.9 Å². The molecule has 3 rings (SSSR count). The second kappa shape index (κ2) is 12.6. The molecule has 0 fully saturated rings. The molecule has 0 N–H and O–H groups in total. The van der Waals surface area contributed by atoms with Crippen LogP contribution in [0, 0.1) is 13.8 Å². The topological polar surface area (TPSA) is 131 Å². The molecular weight excluding hydrogens is 496 g/mol. The highest BCUT2D eigenvalue weighted by molar-refractivity contribution is 7.91. The molecule has 0 aliphatic heterocycles. The van der Waals surface area contributed by atoms with Gasteiger partial charge in [-0.3, -0.25) is 4.98 Å². The zero-order valence-corrected chi connectivity index (χ0v) is 23.3. The van der Waals surface area contributed by atoms with Crippen LogP contribution in [-0.2, 0) is 29.8 Å². The Bertz CT molecular complexity index is 1260. The summed E-state index contributed by atoms with van der Waals surface area (Å²) in [5.41, 5.74) is 2.53.